The molecule has 1 fully saturated rings. The van der Waals surface area contributed by atoms with Crippen LogP contribution in [0.5, 0.6) is 0 Å². The van der Waals surface area contributed by atoms with E-state index in [1.807, 2.05) is 29.2 Å². The van der Waals surface area contributed by atoms with Gasteiger partial charge < -0.3 is 15.5 Å². The highest BCUT2D eigenvalue weighted by atomic mass is 79.9. The smallest absolute Gasteiger partial charge is 0.238 e. The molecule has 1 heterocycles. The first kappa shape index (κ1) is 19.9. The molecule has 0 spiro atoms. The van der Waals surface area contributed by atoms with Crippen LogP contribution in [0.1, 0.15) is 0 Å². The van der Waals surface area contributed by atoms with Gasteiger partial charge in [-0.25, -0.2) is 0 Å². The van der Waals surface area contributed by atoms with E-state index in [-0.39, 0.29) is 37.3 Å². The molecule has 0 aromatic heterocycles. The molecule has 6 nitrogen and oxygen atoms in total. The molecule has 2 rings (SSSR count). The van der Waals surface area contributed by atoms with Crippen LogP contribution < -0.4 is 10.6 Å². The summed E-state index contributed by atoms with van der Waals surface area (Å²) in [5.41, 5.74) is 0.731. The minimum atomic E-state index is -0.137. The summed E-state index contributed by atoms with van der Waals surface area (Å²) in [5.74, 6) is -0.0693. The Bertz CT molecular complexity index is 538. The molecular weight excluding hydrogens is 384 g/mol. The Morgan fingerprint density at radius 3 is 2.57 bits per heavy atom. The van der Waals surface area contributed by atoms with Crippen LogP contribution in [0.2, 0.25) is 0 Å². The van der Waals surface area contributed by atoms with Gasteiger partial charge in [-0.3, -0.25) is 14.5 Å². The Morgan fingerprint density at radius 2 is 1.91 bits per heavy atom. The molecular formula is C15H22BrClN4O2. The summed E-state index contributed by atoms with van der Waals surface area (Å²) in [5, 5.41) is 6.04. The standard InChI is InChI=1S/C15H21BrN4O2.ClH/c1-19(11-15(22)20-8-6-17-7-9-20)10-14(21)18-13-5-3-2-4-12(13)16;/h2-5,17H,6-11H2,1H3,(H,18,21);1H. The number of benzene rings is 1. The van der Waals surface area contributed by atoms with Crippen LogP contribution >= 0.6 is 28.3 Å². The topological polar surface area (TPSA) is 64.7 Å². The summed E-state index contributed by atoms with van der Waals surface area (Å²) in [6.07, 6.45) is 0. The van der Waals surface area contributed by atoms with Crippen molar-refractivity contribution in [3.05, 3.63) is 28.7 Å². The molecule has 1 aliphatic rings. The van der Waals surface area contributed by atoms with Crippen molar-refractivity contribution in [1.82, 2.24) is 15.1 Å². The minimum Gasteiger partial charge on any atom is -0.339 e. The van der Waals surface area contributed by atoms with Gasteiger partial charge in [0.15, 0.2) is 0 Å². The normalized spacial score (nSPS) is 14.3. The van der Waals surface area contributed by atoms with Crippen molar-refractivity contribution < 1.29 is 9.59 Å². The molecule has 1 saturated heterocycles. The summed E-state index contributed by atoms with van der Waals surface area (Å²) in [6.45, 7) is 3.56. The van der Waals surface area contributed by atoms with Crippen LogP contribution in [0.4, 0.5) is 5.69 Å². The number of hydrogen-bond acceptors (Lipinski definition) is 4. The minimum absolute atomic E-state index is 0. The maximum Gasteiger partial charge on any atom is 0.238 e. The number of anilines is 1. The van der Waals surface area contributed by atoms with Gasteiger partial charge in [-0.05, 0) is 35.1 Å². The summed E-state index contributed by atoms with van der Waals surface area (Å²) >= 11 is 3.39. The van der Waals surface area contributed by atoms with E-state index in [4.69, 9.17) is 0 Å². The lowest BCUT2D eigenvalue weighted by atomic mass is 10.3. The van der Waals surface area contributed by atoms with Crippen molar-refractivity contribution in [2.75, 3.05) is 51.6 Å². The van der Waals surface area contributed by atoms with Gasteiger partial charge in [-0.1, -0.05) is 12.1 Å². The highest BCUT2D eigenvalue weighted by Crippen LogP contribution is 2.20. The van der Waals surface area contributed by atoms with Crippen LogP contribution in [0.15, 0.2) is 28.7 Å². The lowest BCUT2D eigenvalue weighted by Crippen LogP contribution is -2.49. The monoisotopic (exact) mass is 404 g/mol. The second kappa shape index (κ2) is 9.87. The molecule has 2 N–H and O–H groups in total. The fraction of sp³-hybridized carbons (Fsp3) is 0.467. The Labute approximate surface area is 151 Å². The highest BCUT2D eigenvalue weighted by Gasteiger charge is 2.18. The molecule has 0 radical (unpaired) electrons. The average molecular weight is 406 g/mol. The fourth-order valence-electron chi connectivity index (χ4n) is 2.30. The second-order valence-corrected chi connectivity index (χ2v) is 6.19. The van der Waals surface area contributed by atoms with Gasteiger partial charge in [-0.2, -0.15) is 0 Å². The highest BCUT2D eigenvalue weighted by molar-refractivity contribution is 9.10. The number of nitrogens with zero attached hydrogens (tertiary/aromatic N) is 2. The third kappa shape index (κ3) is 6.47. The predicted octanol–water partition coefficient (Wildman–Crippen LogP) is 1.17. The first-order chi connectivity index (χ1) is 10.6. The second-order valence-electron chi connectivity index (χ2n) is 5.33. The maximum absolute atomic E-state index is 12.1. The number of rotatable bonds is 5. The number of nitrogens with one attached hydrogen (secondary N) is 2. The number of hydrogen-bond donors (Lipinski definition) is 2. The lowest BCUT2D eigenvalue weighted by Gasteiger charge is -2.29. The van der Waals surface area contributed by atoms with Crippen molar-refractivity contribution in [1.29, 1.82) is 0 Å². The summed E-state index contributed by atoms with van der Waals surface area (Å²) < 4.78 is 0.836. The van der Waals surface area contributed by atoms with E-state index in [0.29, 0.717) is 0 Å². The van der Waals surface area contributed by atoms with E-state index >= 15 is 0 Å². The molecule has 1 aromatic rings. The first-order valence-corrected chi connectivity index (χ1v) is 8.07. The van der Waals surface area contributed by atoms with Crippen molar-refractivity contribution in [2.45, 2.75) is 0 Å². The zero-order valence-corrected chi connectivity index (χ0v) is 15.5. The van der Waals surface area contributed by atoms with Gasteiger partial charge in [0.25, 0.3) is 0 Å². The number of carbonyl (C=O) groups excluding carboxylic acids is 2. The summed E-state index contributed by atoms with van der Waals surface area (Å²) in [6, 6.07) is 7.44. The van der Waals surface area contributed by atoms with E-state index in [1.165, 1.54) is 0 Å². The largest absolute Gasteiger partial charge is 0.339 e. The van der Waals surface area contributed by atoms with E-state index in [2.05, 4.69) is 26.6 Å². The molecule has 23 heavy (non-hydrogen) atoms. The maximum atomic E-state index is 12.1. The van der Waals surface area contributed by atoms with Gasteiger partial charge >= 0.3 is 0 Å². The van der Waals surface area contributed by atoms with Crippen molar-refractivity contribution >= 4 is 45.8 Å². The van der Waals surface area contributed by atoms with Gasteiger partial charge in [-0.15, -0.1) is 12.4 Å². The Balaban J connectivity index is 0.00000264. The third-order valence-electron chi connectivity index (χ3n) is 3.44. The number of piperazine rings is 1. The molecule has 0 atom stereocenters. The van der Waals surface area contributed by atoms with Gasteiger partial charge in [0.2, 0.25) is 11.8 Å². The number of likely N-dealkylation sites (N-methyl/N-ethyl adjacent to an activating group) is 1. The Morgan fingerprint density at radius 1 is 1.26 bits per heavy atom. The van der Waals surface area contributed by atoms with Gasteiger partial charge in [0, 0.05) is 30.7 Å². The van der Waals surface area contributed by atoms with E-state index in [0.717, 1.165) is 36.3 Å². The third-order valence-corrected chi connectivity index (χ3v) is 4.13. The summed E-state index contributed by atoms with van der Waals surface area (Å²) in [7, 11) is 1.78. The van der Waals surface area contributed by atoms with Gasteiger partial charge in [0.05, 0.1) is 18.8 Å². The van der Waals surface area contributed by atoms with Crippen molar-refractivity contribution in [3.63, 3.8) is 0 Å². The number of para-hydroxylation sites is 1. The number of amides is 2. The molecule has 0 saturated carbocycles. The molecule has 0 unspecified atom stereocenters. The number of carbonyl (C=O) groups is 2. The van der Waals surface area contributed by atoms with Gasteiger partial charge in [0.1, 0.15) is 0 Å². The molecule has 128 valence electrons. The molecule has 0 bridgehead atoms. The van der Waals surface area contributed by atoms with Crippen LogP contribution in [0, 0.1) is 0 Å². The van der Waals surface area contributed by atoms with Crippen LogP contribution in [0.3, 0.4) is 0 Å². The average Bonchev–Trinajstić information content (AvgIpc) is 2.50. The number of halogens is 2. The first-order valence-electron chi connectivity index (χ1n) is 7.27. The van der Waals surface area contributed by atoms with Crippen LogP contribution in [-0.4, -0.2) is 67.9 Å². The Hall–Kier alpha value is -1.15. The molecule has 2 amide bonds. The molecule has 8 heteroatoms. The zero-order chi connectivity index (χ0) is 15.9. The van der Waals surface area contributed by atoms with Crippen LogP contribution in [-0.2, 0) is 9.59 Å². The van der Waals surface area contributed by atoms with E-state index in [1.54, 1.807) is 11.9 Å². The Kier molecular flexibility index (Phi) is 8.54. The zero-order valence-electron chi connectivity index (χ0n) is 13.0. The van der Waals surface area contributed by atoms with Crippen molar-refractivity contribution in [3.8, 4) is 0 Å². The lowest BCUT2D eigenvalue weighted by molar-refractivity contribution is -0.133. The predicted molar refractivity (Wildman–Crippen MR) is 97.0 cm³/mol. The van der Waals surface area contributed by atoms with E-state index in [9.17, 15) is 9.59 Å². The molecule has 1 aliphatic heterocycles. The molecule has 1 aromatic carbocycles. The van der Waals surface area contributed by atoms with E-state index < -0.39 is 0 Å². The summed E-state index contributed by atoms with van der Waals surface area (Å²) in [4.78, 5) is 27.7. The fourth-order valence-corrected chi connectivity index (χ4v) is 2.68. The SMILES string of the molecule is CN(CC(=O)Nc1ccccc1Br)CC(=O)N1CCNCC1.Cl. The molecule has 0 aliphatic carbocycles. The van der Waals surface area contributed by atoms with Crippen LogP contribution in [0.25, 0.3) is 0 Å². The van der Waals surface area contributed by atoms with Crippen molar-refractivity contribution in [2.24, 2.45) is 0 Å². The quantitative estimate of drug-likeness (QED) is 0.772.